The van der Waals surface area contributed by atoms with Crippen molar-refractivity contribution in [2.75, 3.05) is 19.1 Å². The Morgan fingerprint density at radius 1 is 0.968 bits per heavy atom. The Labute approximate surface area is 182 Å². The van der Waals surface area contributed by atoms with Crippen LogP contribution in [0.25, 0.3) is 5.76 Å². The molecule has 0 radical (unpaired) electrons. The van der Waals surface area contributed by atoms with Gasteiger partial charge in [0.25, 0.3) is 5.78 Å². The Morgan fingerprint density at radius 3 is 2.06 bits per heavy atom. The molecule has 1 fully saturated rings. The summed E-state index contributed by atoms with van der Waals surface area (Å²) in [4.78, 5) is 27.3. The third kappa shape index (κ3) is 3.64. The molecule has 8 nitrogen and oxygen atoms in total. The van der Waals surface area contributed by atoms with Crippen molar-refractivity contribution in [1.29, 1.82) is 0 Å². The molecule has 1 aliphatic heterocycles. The number of rotatable bonds is 5. The molecule has 0 spiro atoms. The van der Waals surface area contributed by atoms with Crippen LogP contribution >= 0.6 is 11.3 Å². The van der Waals surface area contributed by atoms with E-state index in [4.69, 9.17) is 9.47 Å². The number of carbonyl (C=O) groups excluding carboxylic acids is 2. The monoisotopic (exact) mass is 437 g/mol. The van der Waals surface area contributed by atoms with Crippen molar-refractivity contribution < 1.29 is 24.2 Å². The van der Waals surface area contributed by atoms with Crippen molar-refractivity contribution in [2.45, 2.75) is 13.0 Å². The molecule has 0 saturated carbocycles. The maximum atomic E-state index is 13.0. The molecule has 1 saturated heterocycles. The van der Waals surface area contributed by atoms with Gasteiger partial charge in [0.15, 0.2) is 0 Å². The highest BCUT2D eigenvalue weighted by molar-refractivity contribution is 7.15. The van der Waals surface area contributed by atoms with E-state index in [9.17, 15) is 14.7 Å². The first kappa shape index (κ1) is 20.5. The number of hydrogen-bond donors (Lipinski definition) is 1. The molecule has 0 unspecified atom stereocenters. The molecule has 1 aromatic heterocycles. The second-order valence-electron chi connectivity index (χ2n) is 6.77. The number of aryl methyl sites for hydroxylation is 1. The van der Waals surface area contributed by atoms with Crippen LogP contribution < -0.4 is 14.4 Å². The predicted molar refractivity (Wildman–Crippen MR) is 115 cm³/mol. The zero-order chi connectivity index (χ0) is 22.1. The number of benzene rings is 2. The summed E-state index contributed by atoms with van der Waals surface area (Å²) in [6, 6.07) is 12.7. The summed E-state index contributed by atoms with van der Waals surface area (Å²) in [7, 11) is 3.09. The molecule has 2 aromatic carbocycles. The molecule has 4 rings (SSSR count). The topological polar surface area (TPSA) is 102 Å². The molecule has 1 N–H and O–H groups in total. The molecule has 0 bridgehead atoms. The van der Waals surface area contributed by atoms with Crippen LogP contribution in [0.3, 0.4) is 0 Å². The van der Waals surface area contributed by atoms with Crippen LogP contribution in [0.2, 0.25) is 0 Å². The number of aliphatic hydroxyl groups is 1. The first-order valence-electron chi connectivity index (χ1n) is 9.34. The summed E-state index contributed by atoms with van der Waals surface area (Å²) in [5, 5.41) is 20.0. The van der Waals surface area contributed by atoms with E-state index < -0.39 is 17.7 Å². The van der Waals surface area contributed by atoms with Gasteiger partial charge in [0.1, 0.15) is 22.3 Å². The number of nitrogens with zero attached hydrogens (tertiary/aromatic N) is 3. The van der Waals surface area contributed by atoms with Crippen molar-refractivity contribution in [3.63, 3.8) is 0 Å². The highest BCUT2D eigenvalue weighted by atomic mass is 32.1. The number of aromatic nitrogens is 2. The first-order chi connectivity index (χ1) is 14.9. The predicted octanol–water partition coefficient (Wildman–Crippen LogP) is 3.49. The van der Waals surface area contributed by atoms with Gasteiger partial charge in [-0.05, 0) is 48.9 Å². The van der Waals surface area contributed by atoms with Gasteiger partial charge in [-0.1, -0.05) is 23.5 Å². The molecule has 1 atom stereocenters. The van der Waals surface area contributed by atoms with E-state index in [0.29, 0.717) is 27.6 Å². The van der Waals surface area contributed by atoms with Gasteiger partial charge >= 0.3 is 5.91 Å². The van der Waals surface area contributed by atoms with Crippen LogP contribution in [-0.4, -0.2) is 41.2 Å². The fourth-order valence-corrected chi connectivity index (χ4v) is 4.13. The molecule has 2 heterocycles. The van der Waals surface area contributed by atoms with Crippen LogP contribution in [0.1, 0.15) is 22.2 Å². The largest absolute Gasteiger partial charge is 0.507 e. The number of aliphatic hydroxyl groups excluding tert-OH is 1. The maximum absolute atomic E-state index is 13.0. The highest BCUT2D eigenvalue weighted by Gasteiger charge is 2.48. The molecule has 1 aliphatic rings. The number of ether oxygens (including phenoxy) is 2. The van der Waals surface area contributed by atoms with Crippen molar-refractivity contribution in [3.05, 3.63) is 70.2 Å². The summed E-state index contributed by atoms with van der Waals surface area (Å²) < 4.78 is 10.4. The summed E-state index contributed by atoms with van der Waals surface area (Å²) in [5.41, 5.74) is 1.00. The van der Waals surface area contributed by atoms with Crippen LogP contribution in [0.5, 0.6) is 11.5 Å². The van der Waals surface area contributed by atoms with Gasteiger partial charge in [-0.3, -0.25) is 14.5 Å². The minimum atomic E-state index is -0.861. The molecule has 3 aromatic rings. The average Bonchev–Trinajstić information content (AvgIpc) is 3.34. The van der Waals surface area contributed by atoms with Gasteiger partial charge in [0.05, 0.1) is 25.8 Å². The maximum Gasteiger partial charge on any atom is 0.301 e. The Balaban J connectivity index is 1.90. The lowest BCUT2D eigenvalue weighted by Gasteiger charge is -2.22. The van der Waals surface area contributed by atoms with Gasteiger partial charge in [-0.2, -0.15) is 0 Å². The SMILES string of the molecule is COc1ccc(/C(O)=C2\C(=O)C(=O)N(c3nnc(C)s3)[C@H]2c2ccc(OC)cc2)cc1. The number of amides is 1. The molecule has 31 heavy (non-hydrogen) atoms. The smallest absolute Gasteiger partial charge is 0.301 e. The van der Waals surface area contributed by atoms with Crippen LogP contribution in [0.15, 0.2) is 54.1 Å². The Hall–Kier alpha value is -3.72. The summed E-state index contributed by atoms with van der Waals surface area (Å²) >= 11 is 1.20. The third-order valence-corrected chi connectivity index (χ3v) is 5.80. The molecule has 1 amide bonds. The number of Topliss-reactive ketones (excluding diaryl/α,β-unsaturated/α-hetero) is 1. The summed E-state index contributed by atoms with van der Waals surface area (Å²) in [5.74, 6) is -0.602. The Bertz CT molecular complexity index is 1170. The van der Waals surface area contributed by atoms with E-state index in [1.54, 1.807) is 62.6 Å². The fraction of sp³-hybridized carbons (Fsp3) is 0.182. The third-order valence-electron chi connectivity index (χ3n) is 4.96. The molecular weight excluding hydrogens is 418 g/mol. The van der Waals surface area contributed by atoms with E-state index in [2.05, 4.69) is 10.2 Å². The van der Waals surface area contributed by atoms with Crippen molar-refractivity contribution >= 4 is 33.9 Å². The average molecular weight is 437 g/mol. The van der Waals surface area contributed by atoms with E-state index >= 15 is 0 Å². The number of methoxy groups -OCH3 is 2. The number of hydrogen-bond acceptors (Lipinski definition) is 8. The molecule has 0 aliphatic carbocycles. The minimum absolute atomic E-state index is 0.0202. The Kier molecular flexibility index (Phi) is 5.43. The normalized spacial score (nSPS) is 17.8. The molecule has 9 heteroatoms. The van der Waals surface area contributed by atoms with Gasteiger partial charge in [0, 0.05) is 5.56 Å². The highest BCUT2D eigenvalue weighted by Crippen LogP contribution is 2.43. The van der Waals surface area contributed by atoms with E-state index in [1.807, 2.05) is 0 Å². The first-order valence-corrected chi connectivity index (χ1v) is 10.2. The number of anilines is 1. The van der Waals surface area contributed by atoms with Gasteiger partial charge in [-0.15, -0.1) is 10.2 Å². The minimum Gasteiger partial charge on any atom is -0.507 e. The van der Waals surface area contributed by atoms with E-state index in [1.165, 1.54) is 23.3 Å². The molecule has 158 valence electrons. The standard InChI is InChI=1S/C22H19N3O5S/c1-12-23-24-22(31-12)25-18(13-4-8-15(29-2)9-5-13)17(20(27)21(25)28)19(26)14-6-10-16(30-3)11-7-14/h4-11,18,26H,1-3H3/b19-17+/t18-/m0/s1. The lowest BCUT2D eigenvalue weighted by molar-refractivity contribution is -0.132. The van der Waals surface area contributed by atoms with Crippen molar-refractivity contribution in [1.82, 2.24) is 10.2 Å². The van der Waals surface area contributed by atoms with Gasteiger partial charge < -0.3 is 14.6 Å². The molecular formula is C22H19N3O5S. The van der Waals surface area contributed by atoms with E-state index in [-0.39, 0.29) is 16.5 Å². The lowest BCUT2D eigenvalue weighted by atomic mass is 9.95. The zero-order valence-electron chi connectivity index (χ0n) is 17.0. The van der Waals surface area contributed by atoms with Crippen molar-refractivity contribution in [3.8, 4) is 11.5 Å². The lowest BCUT2D eigenvalue weighted by Crippen LogP contribution is -2.29. The second kappa shape index (κ2) is 8.19. The summed E-state index contributed by atoms with van der Waals surface area (Å²) in [6.07, 6.45) is 0. The van der Waals surface area contributed by atoms with E-state index in [0.717, 1.165) is 0 Å². The Morgan fingerprint density at radius 2 is 1.55 bits per heavy atom. The number of carbonyl (C=O) groups is 2. The summed E-state index contributed by atoms with van der Waals surface area (Å²) in [6.45, 7) is 1.76. The van der Waals surface area contributed by atoms with Crippen LogP contribution in [0.4, 0.5) is 5.13 Å². The van der Waals surface area contributed by atoms with Gasteiger partial charge in [0.2, 0.25) is 5.13 Å². The quantitative estimate of drug-likeness (QED) is 0.370. The zero-order valence-corrected chi connectivity index (χ0v) is 17.8. The van der Waals surface area contributed by atoms with Crippen LogP contribution in [0, 0.1) is 6.92 Å². The van der Waals surface area contributed by atoms with Gasteiger partial charge in [-0.25, -0.2) is 0 Å². The van der Waals surface area contributed by atoms with Crippen molar-refractivity contribution in [2.24, 2.45) is 0 Å². The van der Waals surface area contributed by atoms with Crippen LogP contribution in [-0.2, 0) is 9.59 Å². The second-order valence-corrected chi connectivity index (χ2v) is 7.93. The fourth-order valence-electron chi connectivity index (χ4n) is 3.42. The number of ketones is 1.